The molecule has 0 aliphatic rings. The summed E-state index contributed by atoms with van der Waals surface area (Å²) in [5, 5.41) is 15.4. The normalized spacial score (nSPS) is 13.3. The largest absolute Gasteiger partial charge is 0.386 e. The molecular weight excluding hydrogens is 273 g/mol. The van der Waals surface area contributed by atoms with Crippen molar-refractivity contribution in [2.45, 2.75) is 19.1 Å². The average Bonchev–Trinajstić information content (AvgIpc) is 2.48. The summed E-state index contributed by atoms with van der Waals surface area (Å²) >= 11 is 0. The number of nitrogens with one attached hydrogen (secondary N) is 2. The Bertz CT molecular complexity index is 590. The van der Waals surface area contributed by atoms with Gasteiger partial charge in [0.15, 0.2) is 0 Å². The van der Waals surface area contributed by atoms with Gasteiger partial charge < -0.3 is 15.7 Å². The minimum Gasteiger partial charge on any atom is -0.386 e. The monoisotopic (exact) mass is 289 g/mol. The van der Waals surface area contributed by atoms with E-state index in [0.717, 1.165) is 0 Å². The number of amides is 2. The standard InChI is InChI=1S/C15H16FN3O2/c1-10(14(20)11-2-4-12(16)5-3-11)18-15(21)19-13-6-8-17-9-7-13/h2-10,14,20H,1H3,(H2,17,18,19,21)/t10-,14+/m0/s1. The van der Waals surface area contributed by atoms with Gasteiger partial charge in [-0.1, -0.05) is 12.1 Å². The van der Waals surface area contributed by atoms with Crippen LogP contribution in [0.3, 0.4) is 0 Å². The Kier molecular flexibility index (Phi) is 4.84. The van der Waals surface area contributed by atoms with Gasteiger partial charge in [-0.05, 0) is 36.8 Å². The van der Waals surface area contributed by atoms with Crippen LogP contribution in [0.5, 0.6) is 0 Å². The number of anilines is 1. The zero-order chi connectivity index (χ0) is 15.2. The lowest BCUT2D eigenvalue weighted by Crippen LogP contribution is -2.39. The minimum atomic E-state index is -0.922. The molecule has 6 heteroatoms. The number of hydrogen-bond donors (Lipinski definition) is 3. The van der Waals surface area contributed by atoms with Gasteiger partial charge in [-0.25, -0.2) is 9.18 Å². The first kappa shape index (κ1) is 14.9. The van der Waals surface area contributed by atoms with Crippen molar-refractivity contribution in [3.05, 3.63) is 60.2 Å². The molecule has 0 bridgehead atoms. The van der Waals surface area contributed by atoms with Gasteiger partial charge >= 0.3 is 6.03 Å². The second-order valence-electron chi connectivity index (χ2n) is 4.62. The molecule has 0 saturated carbocycles. The molecule has 5 nitrogen and oxygen atoms in total. The number of aliphatic hydroxyl groups excluding tert-OH is 1. The molecule has 110 valence electrons. The van der Waals surface area contributed by atoms with E-state index < -0.39 is 18.2 Å². The lowest BCUT2D eigenvalue weighted by molar-refractivity contribution is 0.139. The van der Waals surface area contributed by atoms with Crippen molar-refractivity contribution in [3.8, 4) is 0 Å². The Balaban J connectivity index is 1.92. The van der Waals surface area contributed by atoms with Crippen molar-refractivity contribution in [2.75, 3.05) is 5.32 Å². The van der Waals surface area contributed by atoms with E-state index in [0.29, 0.717) is 11.3 Å². The molecule has 1 aromatic carbocycles. The Labute approximate surface area is 121 Å². The van der Waals surface area contributed by atoms with Crippen LogP contribution in [0.25, 0.3) is 0 Å². The van der Waals surface area contributed by atoms with E-state index in [4.69, 9.17) is 0 Å². The van der Waals surface area contributed by atoms with E-state index >= 15 is 0 Å². The first-order valence-corrected chi connectivity index (χ1v) is 6.47. The zero-order valence-electron chi connectivity index (χ0n) is 11.5. The number of carbonyl (C=O) groups is 1. The van der Waals surface area contributed by atoms with Crippen molar-refractivity contribution >= 4 is 11.7 Å². The number of carbonyl (C=O) groups excluding carboxylic acids is 1. The van der Waals surface area contributed by atoms with Crippen molar-refractivity contribution in [3.63, 3.8) is 0 Å². The van der Waals surface area contributed by atoms with E-state index in [1.54, 1.807) is 31.5 Å². The SMILES string of the molecule is C[C@H](NC(=O)Nc1ccncc1)[C@@H](O)c1ccc(F)cc1. The van der Waals surface area contributed by atoms with Crippen LogP contribution in [0.4, 0.5) is 14.9 Å². The van der Waals surface area contributed by atoms with Crippen molar-refractivity contribution in [1.29, 1.82) is 0 Å². The highest BCUT2D eigenvalue weighted by molar-refractivity contribution is 5.89. The van der Waals surface area contributed by atoms with Gasteiger partial charge in [0.05, 0.1) is 12.1 Å². The van der Waals surface area contributed by atoms with Crippen LogP contribution in [0.15, 0.2) is 48.8 Å². The minimum absolute atomic E-state index is 0.373. The van der Waals surface area contributed by atoms with Crippen LogP contribution in [0.1, 0.15) is 18.6 Å². The van der Waals surface area contributed by atoms with Crippen LogP contribution in [0.2, 0.25) is 0 Å². The van der Waals surface area contributed by atoms with Crippen molar-refractivity contribution in [2.24, 2.45) is 0 Å². The molecule has 0 saturated heterocycles. The molecule has 0 spiro atoms. The predicted octanol–water partition coefficient (Wildman–Crippen LogP) is 2.46. The summed E-state index contributed by atoms with van der Waals surface area (Å²) in [6.07, 6.45) is 2.20. The molecular formula is C15H16FN3O2. The molecule has 2 amide bonds. The van der Waals surface area contributed by atoms with Crippen LogP contribution < -0.4 is 10.6 Å². The molecule has 2 aromatic rings. The van der Waals surface area contributed by atoms with Crippen molar-refractivity contribution < 1.29 is 14.3 Å². The number of hydrogen-bond acceptors (Lipinski definition) is 3. The summed E-state index contributed by atoms with van der Waals surface area (Å²) in [4.78, 5) is 15.6. The molecule has 0 unspecified atom stereocenters. The van der Waals surface area contributed by atoms with Gasteiger partial charge in [-0.2, -0.15) is 0 Å². The summed E-state index contributed by atoms with van der Waals surface area (Å²) in [6.45, 7) is 1.67. The number of urea groups is 1. The number of aromatic nitrogens is 1. The number of halogens is 1. The fraction of sp³-hybridized carbons (Fsp3) is 0.200. The maximum absolute atomic E-state index is 12.8. The van der Waals surface area contributed by atoms with E-state index in [1.807, 2.05) is 0 Å². The Morgan fingerprint density at radius 3 is 2.43 bits per heavy atom. The quantitative estimate of drug-likeness (QED) is 0.809. The van der Waals surface area contributed by atoms with E-state index in [9.17, 15) is 14.3 Å². The molecule has 21 heavy (non-hydrogen) atoms. The van der Waals surface area contributed by atoms with Gasteiger partial charge in [0, 0.05) is 18.1 Å². The van der Waals surface area contributed by atoms with Gasteiger partial charge in [0.1, 0.15) is 5.82 Å². The molecule has 1 heterocycles. The fourth-order valence-electron chi connectivity index (χ4n) is 1.84. The van der Waals surface area contributed by atoms with Gasteiger partial charge in [0.2, 0.25) is 0 Å². The maximum atomic E-state index is 12.8. The van der Waals surface area contributed by atoms with Crippen LogP contribution in [0, 0.1) is 5.82 Å². The first-order valence-electron chi connectivity index (χ1n) is 6.47. The lowest BCUT2D eigenvalue weighted by atomic mass is 10.0. The molecule has 0 radical (unpaired) electrons. The summed E-state index contributed by atoms with van der Waals surface area (Å²) in [5.74, 6) is -0.373. The Hall–Kier alpha value is -2.47. The third-order valence-electron chi connectivity index (χ3n) is 2.98. The average molecular weight is 289 g/mol. The third-order valence-corrected chi connectivity index (χ3v) is 2.98. The van der Waals surface area contributed by atoms with E-state index in [-0.39, 0.29) is 5.82 Å². The highest BCUT2D eigenvalue weighted by atomic mass is 19.1. The Morgan fingerprint density at radius 2 is 1.81 bits per heavy atom. The number of rotatable bonds is 4. The summed E-state index contributed by atoms with van der Waals surface area (Å²) in [5.41, 5.74) is 1.14. The number of pyridine rings is 1. The molecule has 2 atom stereocenters. The van der Waals surface area contributed by atoms with Crippen LogP contribution in [-0.4, -0.2) is 22.2 Å². The molecule has 1 aromatic heterocycles. The third kappa shape index (κ3) is 4.25. The van der Waals surface area contributed by atoms with Gasteiger partial charge in [-0.15, -0.1) is 0 Å². The van der Waals surface area contributed by atoms with Gasteiger partial charge in [0.25, 0.3) is 0 Å². The maximum Gasteiger partial charge on any atom is 0.319 e. The summed E-state index contributed by atoms with van der Waals surface area (Å²) in [7, 11) is 0. The van der Waals surface area contributed by atoms with Crippen LogP contribution >= 0.6 is 0 Å². The predicted molar refractivity (Wildman–Crippen MR) is 77.2 cm³/mol. The molecule has 0 aliphatic carbocycles. The van der Waals surface area contributed by atoms with Crippen molar-refractivity contribution in [1.82, 2.24) is 10.3 Å². The van der Waals surface area contributed by atoms with E-state index in [2.05, 4.69) is 15.6 Å². The molecule has 0 aliphatic heterocycles. The summed E-state index contributed by atoms with van der Waals surface area (Å²) < 4.78 is 12.8. The first-order chi connectivity index (χ1) is 10.1. The second-order valence-corrected chi connectivity index (χ2v) is 4.62. The topological polar surface area (TPSA) is 74.2 Å². The smallest absolute Gasteiger partial charge is 0.319 e. The highest BCUT2D eigenvalue weighted by Crippen LogP contribution is 2.17. The number of aliphatic hydroxyl groups is 1. The Morgan fingerprint density at radius 1 is 1.19 bits per heavy atom. The van der Waals surface area contributed by atoms with Gasteiger partial charge in [-0.3, -0.25) is 4.98 Å². The molecule has 0 fully saturated rings. The molecule has 2 rings (SSSR count). The summed E-state index contributed by atoms with van der Waals surface area (Å²) in [6, 6.07) is 7.84. The highest BCUT2D eigenvalue weighted by Gasteiger charge is 2.18. The zero-order valence-corrected chi connectivity index (χ0v) is 11.5. The second kappa shape index (κ2) is 6.81. The lowest BCUT2D eigenvalue weighted by Gasteiger charge is -2.20. The number of benzene rings is 1. The van der Waals surface area contributed by atoms with E-state index in [1.165, 1.54) is 24.3 Å². The van der Waals surface area contributed by atoms with Crippen LogP contribution in [-0.2, 0) is 0 Å². The molecule has 3 N–H and O–H groups in total. The number of nitrogens with zero attached hydrogens (tertiary/aromatic N) is 1. The fourth-order valence-corrected chi connectivity index (χ4v) is 1.84.